The van der Waals surface area contributed by atoms with Crippen molar-refractivity contribution in [1.82, 2.24) is 4.57 Å². The minimum absolute atomic E-state index is 1.10. The maximum absolute atomic E-state index is 3.56. The van der Waals surface area contributed by atoms with Gasteiger partial charge < -0.3 is 0 Å². The monoisotopic (exact) mass is 230 g/mol. The van der Waals surface area contributed by atoms with Crippen LogP contribution < -0.4 is 9.88 Å². The van der Waals surface area contributed by atoms with E-state index < -0.39 is 0 Å². The molecule has 0 atom stereocenters. The van der Waals surface area contributed by atoms with E-state index in [0.717, 1.165) is 19.6 Å². The second-order valence-electron chi connectivity index (χ2n) is 4.75. The fraction of sp³-hybridized carbons (Fsp3) is 0.500. The van der Waals surface area contributed by atoms with E-state index >= 15 is 0 Å². The van der Waals surface area contributed by atoms with Crippen LogP contribution in [0.15, 0.2) is 24.3 Å². The molecule has 0 aliphatic carbocycles. The zero-order valence-electron chi connectivity index (χ0n) is 10.4. The number of nitrogens with one attached hydrogen (secondary N) is 1. The van der Waals surface area contributed by atoms with Crippen LogP contribution in [0.5, 0.6) is 0 Å². The van der Waals surface area contributed by atoms with Crippen molar-refractivity contribution in [3.05, 3.63) is 24.3 Å². The lowest BCUT2D eigenvalue weighted by Gasteiger charge is -2.11. The summed E-state index contributed by atoms with van der Waals surface area (Å²) in [6.45, 7) is 5.61. The number of hydrogen-bond donors (Lipinski definition) is 1. The van der Waals surface area contributed by atoms with Gasteiger partial charge in [-0.3, -0.25) is 5.32 Å². The Hall–Kier alpha value is -1.51. The van der Waals surface area contributed by atoms with Crippen molar-refractivity contribution in [3.63, 3.8) is 0 Å². The molecule has 1 aromatic carbocycles. The molecule has 0 saturated heterocycles. The number of anilines is 1. The number of aryl methyl sites for hydroxylation is 2. The third-order valence-electron chi connectivity index (χ3n) is 3.55. The second-order valence-corrected chi connectivity index (χ2v) is 4.75. The van der Waals surface area contributed by atoms with Gasteiger partial charge in [-0.2, -0.15) is 0 Å². The lowest BCUT2D eigenvalue weighted by molar-refractivity contribution is -0.661. The van der Waals surface area contributed by atoms with E-state index in [1.54, 1.807) is 0 Å². The van der Waals surface area contributed by atoms with Gasteiger partial charge in [-0.1, -0.05) is 25.5 Å². The van der Waals surface area contributed by atoms with Crippen molar-refractivity contribution in [2.45, 2.75) is 39.3 Å². The molecule has 2 aromatic rings. The van der Waals surface area contributed by atoms with Crippen LogP contribution in [-0.2, 0) is 13.1 Å². The average molecular weight is 230 g/mol. The molecule has 1 N–H and O–H groups in total. The standard InChI is InChI=1S/C14H19N3/c1-2-3-10-16-12-7-4-5-8-13(12)17-11-6-9-15-14(16)17/h4-5,7-8H,2-3,6,9-11H2,1H3/p+1. The van der Waals surface area contributed by atoms with Crippen molar-refractivity contribution in [3.8, 4) is 0 Å². The molecule has 1 aliphatic heterocycles. The van der Waals surface area contributed by atoms with E-state index in [1.165, 1.54) is 36.2 Å². The van der Waals surface area contributed by atoms with Crippen LogP contribution in [0, 0.1) is 0 Å². The molecule has 0 saturated carbocycles. The van der Waals surface area contributed by atoms with Crippen LogP contribution in [0.2, 0.25) is 0 Å². The number of rotatable bonds is 3. The number of fused-ring (bicyclic) bond motifs is 3. The van der Waals surface area contributed by atoms with Crippen LogP contribution in [-0.4, -0.2) is 11.1 Å². The maximum Gasteiger partial charge on any atom is 0.358 e. The predicted octanol–water partition coefficient (Wildman–Crippen LogP) is 2.54. The van der Waals surface area contributed by atoms with Gasteiger partial charge in [-0.15, -0.1) is 0 Å². The molecule has 17 heavy (non-hydrogen) atoms. The first-order valence-corrected chi connectivity index (χ1v) is 6.66. The first kappa shape index (κ1) is 10.6. The Labute approximate surface area is 102 Å². The lowest BCUT2D eigenvalue weighted by Crippen LogP contribution is -2.41. The van der Waals surface area contributed by atoms with Crippen LogP contribution in [0.25, 0.3) is 11.0 Å². The topological polar surface area (TPSA) is 20.8 Å². The molecule has 3 heteroatoms. The lowest BCUT2D eigenvalue weighted by atomic mass is 10.3. The Morgan fingerprint density at radius 1 is 1.35 bits per heavy atom. The molecule has 0 radical (unpaired) electrons. The summed E-state index contributed by atoms with van der Waals surface area (Å²) < 4.78 is 4.87. The first-order chi connectivity index (χ1) is 8.42. The summed E-state index contributed by atoms with van der Waals surface area (Å²) in [4.78, 5) is 0. The molecular weight excluding hydrogens is 210 g/mol. The number of aromatic nitrogens is 2. The minimum Gasteiger partial charge on any atom is -0.277 e. The molecule has 0 bridgehead atoms. The molecule has 2 heterocycles. The maximum atomic E-state index is 3.56. The molecule has 0 unspecified atom stereocenters. The summed E-state index contributed by atoms with van der Waals surface area (Å²) >= 11 is 0. The third-order valence-corrected chi connectivity index (χ3v) is 3.55. The fourth-order valence-corrected chi connectivity index (χ4v) is 2.69. The Morgan fingerprint density at radius 3 is 3.12 bits per heavy atom. The van der Waals surface area contributed by atoms with Crippen LogP contribution in [0.4, 0.5) is 5.95 Å². The molecule has 3 rings (SSSR count). The van der Waals surface area contributed by atoms with Gasteiger partial charge in [-0.05, 0) is 18.6 Å². The van der Waals surface area contributed by atoms with Crippen molar-refractivity contribution < 1.29 is 4.57 Å². The highest BCUT2D eigenvalue weighted by molar-refractivity contribution is 5.74. The second kappa shape index (κ2) is 4.40. The Bertz CT molecular complexity index is 527. The predicted molar refractivity (Wildman–Crippen MR) is 70.1 cm³/mol. The summed E-state index contributed by atoms with van der Waals surface area (Å²) in [6.07, 6.45) is 3.71. The normalized spacial score (nSPS) is 14.6. The summed E-state index contributed by atoms with van der Waals surface area (Å²) in [5.74, 6) is 1.30. The van der Waals surface area contributed by atoms with Gasteiger partial charge >= 0.3 is 5.95 Å². The molecular formula is C14H20N3+. The van der Waals surface area contributed by atoms with E-state index in [0.29, 0.717) is 0 Å². The number of nitrogens with zero attached hydrogens (tertiary/aromatic N) is 2. The van der Waals surface area contributed by atoms with E-state index in [2.05, 4.69) is 45.6 Å². The largest absolute Gasteiger partial charge is 0.358 e. The van der Waals surface area contributed by atoms with Gasteiger partial charge in [-0.25, -0.2) is 9.13 Å². The molecule has 1 aromatic heterocycles. The zero-order chi connectivity index (χ0) is 11.7. The summed E-state index contributed by atoms with van der Waals surface area (Å²) in [5.41, 5.74) is 2.73. The van der Waals surface area contributed by atoms with Gasteiger partial charge in [0.1, 0.15) is 11.0 Å². The summed E-state index contributed by atoms with van der Waals surface area (Å²) in [5, 5.41) is 3.56. The van der Waals surface area contributed by atoms with Crippen molar-refractivity contribution in [2.24, 2.45) is 0 Å². The van der Waals surface area contributed by atoms with Crippen LogP contribution in [0.3, 0.4) is 0 Å². The molecule has 1 aliphatic rings. The molecule has 0 fully saturated rings. The van der Waals surface area contributed by atoms with Gasteiger partial charge in [0.15, 0.2) is 0 Å². The number of hydrogen-bond acceptors (Lipinski definition) is 1. The Kier molecular flexibility index (Phi) is 2.75. The number of unbranched alkanes of at least 4 members (excludes halogenated alkanes) is 1. The molecule has 0 amide bonds. The number of benzene rings is 1. The highest BCUT2D eigenvalue weighted by Crippen LogP contribution is 2.20. The van der Waals surface area contributed by atoms with Crippen LogP contribution in [0.1, 0.15) is 26.2 Å². The van der Waals surface area contributed by atoms with E-state index in [4.69, 9.17) is 0 Å². The van der Waals surface area contributed by atoms with Gasteiger partial charge in [0, 0.05) is 6.42 Å². The summed E-state index contributed by atoms with van der Waals surface area (Å²) in [6, 6.07) is 8.73. The average Bonchev–Trinajstić information content (AvgIpc) is 2.71. The third kappa shape index (κ3) is 1.70. The quantitative estimate of drug-likeness (QED) is 0.804. The summed E-state index contributed by atoms with van der Waals surface area (Å²) in [7, 11) is 0. The van der Waals surface area contributed by atoms with E-state index in [9.17, 15) is 0 Å². The SMILES string of the molecule is CCCCn1c2[n+](c3ccccc31)CCCN2. The number of para-hydroxylation sites is 2. The Balaban J connectivity index is 2.17. The van der Waals surface area contributed by atoms with Gasteiger partial charge in [0.25, 0.3) is 0 Å². The number of imidazole rings is 1. The highest BCUT2D eigenvalue weighted by Gasteiger charge is 2.25. The molecule has 0 spiro atoms. The first-order valence-electron chi connectivity index (χ1n) is 6.66. The van der Waals surface area contributed by atoms with Crippen molar-refractivity contribution in [1.29, 1.82) is 0 Å². The van der Waals surface area contributed by atoms with Crippen LogP contribution >= 0.6 is 0 Å². The highest BCUT2D eigenvalue weighted by atomic mass is 15.3. The molecule has 90 valence electrons. The fourth-order valence-electron chi connectivity index (χ4n) is 2.69. The van der Waals surface area contributed by atoms with Gasteiger partial charge in [0.05, 0.1) is 19.6 Å². The zero-order valence-corrected chi connectivity index (χ0v) is 10.4. The van der Waals surface area contributed by atoms with Crippen molar-refractivity contribution in [2.75, 3.05) is 11.9 Å². The van der Waals surface area contributed by atoms with E-state index in [1.807, 2.05) is 0 Å². The van der Waals surface area contributed by atoms with E-state index in [-0.39, 0.29) is 0 Å². The molecule has 3 nitrogen and oxygen atoms in total. The smallest absolute Gasteiger partial charge is 0.277 e. The minimum atomic E-state index is 1.10. The van der Waals surface area contributed by atoms with Gasteiger partial charge in [0.2, 0.25) is 0 Å². The Morgan fingerprint density at radius 2 is 2.24 bits per heavy atom. The van der Waals surface area contributed by atoms with Crippen molar-refractivity contribution >= 4 is 17.0 Å².